The summed E-state index contributed by atoms with van der Waals surface area (Å²) in [6.45, 7) is 13.6. The van der Waals surface area contributed by atoms with Crippen molar-refractivity contribution in [3.05, 3.63) is 42.6 Å². The van der Waals surface area contributed by atoms with Gasteiger partial charge in [0.2, 0.25) is 0 Å². The van der Waals surface area contributed by atoms with Gasteiger partial charge < -0.3 is 5.32 Å². The van der Waals surface area contributed by atoms with Crippen LogP contribution in [0.1, 0.15) is 53.4 Å². The van der Waals surface area contributed by atoms with Gasteiger partial charge in [-0.25, -0.2) is 0 Å². The Morgan fingerprint density at radius 2 is 1.80 bits per heavy atom. The number of rotatable bonds is 9. The summed E-state index contributed by atoms with van der Waals surface area (Å²) in [4.78, 5) is 0. The maximum absolute atomic E-state index is 4.27. The smallest absolute Gasteiger partial charge is 0.0381 e. The molecule has 0 bridgehead atoms. The molecule has 0 spiro atoms. The molecule has 112 valence electrons. The molecule has 1 aromatic rings. The maximum Gasteiger partial charge on any atom is 0.0381 e. The molecule has 0 aliphatic heterocycles. The first-order valence-electron chi connectivity index (χ1n) is 8.10. The fourth-order valence-corrected chi connectivity index (χ4v) is 3.07. The zero-order chi connectivity index (χ0) is 15.0. The van der Waals surface area contributed by atoms with Crippen LogP contribution in [0.25, 0.3) is 0 Å². The molecular formula is C19H31N. The van der Waals surface area contributed by atoms with Crippen LogP contribution in [0.15, 0.2) is 42.6 Å². The minimum Gasteiger partial charge on any atom is -0.359 e. The summed E-state index contributed by atoms with van der Waals surface area (Å²) in [5.74, 6) is 1.99. The second-order valence-corrected chi connectivity index (χ2v) is 6.00. The molecule has 0 aliphatic rings. The lowest BCUT2D eigenvalue weighted by Gasteiger charge is -2.30. The first kappa shape index (κ1) is 16.8. The van der Waals surface area contributed by atoms with Crippen LogP contribution in [-0.4, -0.2) is 0 Å². The van der Waals surface area contributed by atoms with Crippen molar-refractivity contribution >= 4 is 5.69 Å². The number of unbranched alkanes of at least 4 members (excludes halogenated alkanes) is 1. The Balaban J connectivity index is 2.60. The highest BCUT2D eigenvalue weighted by atomic mass is 14.9. The van der Waals surface area contributed by atoms with Crippen LogP contribution >= 0.6 is 0 Å². The average Bonchev–Trinajstić information content (AvgIpc) is 2.46. The number of allylic oxidation sites excluding steroid dienone is 1. The lowest BCUT2D eigenvalue weighted by atomic mass is 9.78. The van der Waals surface area contributed by atoms with Crippen LogP contribution in [-0.2, 0) is 0 Å². The third kappa shape index (κ3) is 5.03. The number of para-hydroxylation sites is 1. The SMILES string of the molecule is C=C(Nc1ccccc1)C(C)C(CC)C(C)CCCC. The predicted molar refractivity (Wildman–Crippen MR) is 90.8 cm³/mol. The summed E-state index contributed by atoms with van der Waals surface area (Å²) in [6.07, 6.45) is 5.18. The van der Waals surface area contributed by atoms with Gasteiger partial charge in [-0.1, -0.05) is 78.2 Å². The molecule has 1 nitrogen and oxygen atoms in total. The highest BCUT2D eigenvalue weighted by Crippen LogP contribution is 2.32. The van der Waals surface area contributed by atoms with E-state index < -0.39 is 0 Å². The Hall–Kier alpha value is -1.24. The standard InChI is InChI=1S/C19H31N/c1-6-8-12-15(3)19(7-2)16(4)17(5)20-18-13-10-9-11-14-18/h9-11,13-16,19-20H,5-8,12H2,1-4H3. The van der Waals surface area contributed by atoms with Gasteiger partial charge in [0.25, 0.3) is 0 Å². The third-order valence-corrected chi connectivity index (χ3v) is 4.49. The summed E-state index contributed by atoms with van der Waals surface area (Å²) in [5.41, 5.74) is 2.28. The molecule has 0 aliphatic carbocycles. The van der Waals surface area contributed by atoms with Crippen LogP contribution < -0.4 is 5.32 Å². The van der Waals surface area contributed by atoms with E-state index in [1.165, 1.54) is 25.7 Å². The Bertz CT molecular complexity index is 382. The van der Waals surface area contributed by atoms with Crippen LogP contribution in [0.2, 0.25) is 0 Å². The van der Waals surface area contributed by atoms with Gasteiger partial charge in [0.05, 0.1) is 0 Å². The van der Waals surface area contributed by atoms with Gasteiger partial charge >= 0.3 is 0 Å². The molecule has 0 saturated heterocycles. The van der Waals surface area contributed by atoms with E-state index >= 15 is 0 Å². The Kier molecular flexibility index (Phi) is 7.43. The number of hydrogen-bond donors (Lipinski definition) is 1. The molecule has 1 heteroatoms. The summed E-state index contributed by atoms with van der Waals surface area (Å²) < 4.78 is 0. The molecule has 0 fully saturated rings. The highest BCUT2D eigenvalue weighted by molar-refractivity contribution is 5.47. The van der Waals surface area contributed by atoms with Crippen molar-refractivity contribution in [2.24, 2.45) is 17.8 Å². The summed E-state index contributed by atoms with van der Waals surface area (Å²) in [7, 11) is 0. The van der Waals surface area contributed by atoms with Crippen LogP contribution in [0.3, 0.4) is 0 Å². The van der Waals surface area contributed by atoms with Crippen molar-refractivity contribution in [2.45, 2.75) is 53.4 Å². The van der Waals surface area contributed by atoms with Gasteiger partial charge in [0.1, 0.15) is 0 Å². The van der Waals surface area contributed by atoms with Gasteiger partial charge in [-0.2, -0.15) is 0 Å². The van der Waals surface area contributed by atoms with E-state index in [4.69, 9.17) is 0 Å². The van der Waals surface area contributed by atoms with E-state index in [9.17, 15) is 0 Å². The van der Waals surface area contributed by atoms with E-state index in [0.29, 0.717) is 11.8 Å². The minimum atomic E-state index is 0.507. The number of nitrogens with one attached hydrogen (secondary N) is 1. The largest absolute Gasteiger partial charge is 0.359 e. The number of hydrogen-bond acceptors (Lipinski definition) is 1. The Morgan fingerprint density at radius 1 is 1.15 bits per heavy atom. The molecular weight excluding hydrogens is 242 g/mol. The highest BCUT2D eigenvalue weighted by Gasteiger charge is 2.23. The van der Waals surface area contributed by atoms with Gasteiger partial charge in [-0.15, -0.1) is 0 Å². The Morgan fingerprint density at radius 3 is 2.35 bits per heavy atom. The molecule has 0 aromatic heterocycles. The molecule has 3 unspecified atom stereocenters. The predicted octanol–water partition coefficient (Wildman–Crippen LogP) is 6.10. The molecule has 1 N–H and O–H groups in total. The maximum atomic E-state index is 4.27. The molecule has 1 aromatic carbocycles. The fourth-order valence-electron chi connectivity index (χ4n) is 3.07. The molecule has 0 heterocycles. The molecule has 20 heavy (non-hydrogen) atoms. The van der Waals surface area contributed by atoms with Crippen molar-refractivity contribution in [3.63, 3.8) is 0 Å². The minimum absolute atomic E-state index is 0.507. The molecule has 0 radical (unpaired) electrons. The van der Waals surface area contributed by atoms with E-state index in [1.54, 1.807) is 0 Å². The lowest BCUT2D eigenvalue weighted by Crippen LogP contribution is -2.23. The zero-order valence-electron chi connectivity index (χ0n) is 13.7. The fraction of sp³-hybridized carbons (Fsp3) is 0.579. The van der Waals surface area contributed by atoms with E-state index in [-0.39, 0.29) is 0 Å². The van der Waals surface area contributed by atoms with Crippen molar-refractivity contribution in [1.82, 2.24) is 0 Å². The topological polar surface area (TPSA) is 12.0 Å². The van der Waals surface area contributed by atoms with E-state index in [2.05, 4.69) is 63.9 Å². The number of anilines is 1. The van der Waals surface area contributed by atoms with E-state index in [0.717, 1.165) is 17.3 Å². The van der Waals surface area contributed by atoms with Crippen LogP contribution in [0, 0.1) is 17.8 Å². The summed E-state index contributed by atoms with van der Waals surface area (Å²) >= 11 is 0. The van der Waals surface area contributed by atoms with Crippen LogP contribution in [0.5, 0.6) is 0 Å². The second-order valence-electron chi connectivity index (χ2n) is 6.00. The molecule has 0 saturated carbocycles. The third-order valence-electron chi connectivity index (χ3n) is 4.49. The van der Waals surface area contributed by atoms with Crippen molar-refractivity contribution in [1.29, 1.82) is 0 Å². The van der Waals surface area contributed by atoms with Gasteiger partial charge in [0, 0.05) is 11.4 Å². The first-order chi connectivity index (χ1) is 9.60. The molecule has 0 amide bonds. The monoisotopic (exact) mass is 273 g/mol. The van der Waals surface area contributed by atoms with Gasteiger partial charge in [-0.05, 0) is 29.9 Å². The van der Waals surface area contributed by atoms with Crippen LogP contribution in [0.4, 0.5) is 5.69 Å². The first-order valence-corrected chi connectivity index (χ1v) is 8.10. The van der Waals surface area contributed by atoms with Crippen molar-refractivity contribution in [3.8, 4) is 0 Å². The lowest BCUT2D eigenvalue weighted by molar-refractivity contribution is 0.257. The summed E-state index contributed by atoms with van der Waals surface area (Å²) in [6, 6.07) is 10.3. The van der Waals surface area contributed by atoms with Crippen molar-refractivity contribution in [2.75, 3.05) is 5.32 Å². The molecule has 1 rings (SSSR count). The molecule has 3 atom stereocenters. The second kappa shape index (κ2) is 8.84. The average molecular weight is 273 g/mol. The van der Waals surface area contributed by atoms with Gasteiger partial charge in [-0.3, -0.25) is 0 Å². The summed E-state index contributed by atoms with van der Waals surface area (Å²) in [5, 5.41) is 3.47. The van der Waals surface area contributed by atoms with E-state index in [1.807, 2.05) is 6.07 Å². The van der Waals surface area contributed by atoms with Crippen molar-refractivity contribution < 1.29 is 0 Å². The van der Waals surface area contributed by atoms with Gasteiger partial charge in [0.15, 0.2) is 0 Å². The Labute approximate surface area is 125 Å². The number of benzene rings is 1. The zero-order valence-corrected chi connectivity index (χ0v) is 13.7. The normalized spacial score (nSPS) is 15.4. The quantitative estimate of drug-likeness (QED) is 0.573.